The fraction of sp³-hybridized carbons (Fsp3) is 1.00. The molecule has 0 heterocycles. The molecule has 1 N–H and O–H groups in total. The first kappa shape index (κ1) is 13.7. The van der Waals surface area contributed by atoms with Crippen molar-refractivity contribution in [3.05, 3.63) is 0 Å². The summed E-state index contributed by atoms with van der Waals surface area (Å²) in [5.74, 6) is 2.32. The molecule has 2 aliphatic carbocycles. The Bertz CT molecular complexity index is 195. The molecule has 2 fully saturated rings. The Morgan fingerprint density at radius 3 is 2.12 bits per heavy atom. The Morgan fingerprint density at radius 1 is 0.941 bits per heavy atom. The highest BCUT2D eigenvalue weighted by atomic mass is 32.2. The van der Waals surface area contributed by atoms with Gasteiger partial charge >= 0.3 is 0 Å². The van der Waals surface area contributed by atoms with Gasteiger partial charge in [-0.3, -0.25) is 0 Å². The van der Waals surface area contributed by atoms with Crippen molar-refractivity contribution in [2.45, 2.75) is 75.5 Å². The van der Waals surface area contributed by atoms with Gasteiger partial charge in [0.2, 0.25) is 0 Å². The average Bonchev–Trinajstić information content (AvgIpc) is 2.42. The molecule has 1 atom stereocenters. The maximum absolute atomic E-state index is 3.59. The lowest BCUT2D eigenvalue weighted by Crippen LogP contribution is -2.37. The molecule has 1 unspecified atom stereocenters. The van der Waals surface area contributed by atoms with E-state index >= 15 is 0 Å². The molecule has 0 aromatic rings. The van der Waals surface area contributed by atoms with Gasteiger partial charge in [-0.15, -0.1) is 0 Å². The molecule has 0 amide bonds. The third-order valence-corrected chi connectivity index (χ3v) is 6.15. The van der Waals surface area contributed by atoms with Crippen LogP contribution in [0.2, 0.25) is 0 Å². The second kappa shape index (κ2) is 7.68. The molecule has 0 radical (unpaired) electrons. The van der Waals surface area contributed by atoms with Gasteiger partial charge in [-0.25, -0.2) is 0 Å². The van der Waals surface area contributed by atoms with E-state index in [-0.39, 0.29) is 0 Å². The van der Waals surface area contributed by atoms with Crippen molar-refractivity contribution in [3.63, 3.8) is 0 Å². The van der Waals surface area contributed by atoms with E-state index in [1.165, 1.54) is 70.0 Å². The molecule has 0 aromatic carbocycles. The zero-order chi connectivity index (χ0) is 11.9. The Morgan fingerprint density at radius 2 is 1.53 bits per heavy atom. The number of nitrogens with one attached hydrogen (secondary N) is 1. The van der Waals surface area contributed by atoms with E-state index in [1.807, 2.05) is 0 Å². The lowest BCUT2D eigenvalue weighted by Gasteiger charge is -2.31. The first-order valence-electron chi connectivity index (χ1n) is 7.69. The Kier molecular flexibility index (Phi) is 6.21. The average molecular weight is 255 g/mol. The summed E-state index contributed by atoms with van der Waals surface area (Å²) in [6.07, 6.45) is 14.7. The van der Waals surface area contributed by atoms with Crippen molar-refractivity contribution in [2.24, 2.45) is 5.92 Å². The lowest BCUT2D eigenvalue weighted by molar-refractivity contribution is 0.294. The van der Waals surface area contributed by atoms with E-state index in [0.29, 0.717) is 0 Å². The van der Waals surface area contributed by atoms with Crippen LogP contribution >= 0.6 is 11.8 Å². The smallest absolute Gasteiger partial charge is 0.0183 e. The molecule has 2 heteroatoms. The van der Waals surface area contributed by atoms with Crippen LogP contribution in [0.1, 0.15) is 64.2 Å². The summed E-state index contributed by atoms with van der Waals surface area (Å²) >= 11 is 2.26. The predicted octanol–water partition coefficient (Wildman–Crippen LogP) is 4.22. The first-order chi connectivity index (χ1) is 8.40. The summed E-state index contributed by atoms with van der Waals surface area (Å²) < 4.78 is 0. The van der Waals surface area contributed by atoms with Gasteiger partial charge in [0.1, 0.15) is 0 Å². The van der Waals surface area contributed by atoms with Gasteiger partial charge < -0.3 is 5.32 Å². The minimum Gasteiger partial charge on any atom is -0.316 e. The molecule has 100 valence electrons. The van der Waals surface area contributed by atoms with Crippen molar-refractivity contribution >= 4 is 11.8 Å². The van der Waals surface area contributed by atoms with Crippen molar-refractivity contribution in [2.75, 3.05) is 12.8 Å². The highest BCUT2D eigenvalue weighted by Gasteiger charge is 2.23. The molecule has 0 aromatic heterocycles. The third-order valence-electron chi connectivity index (χ3n) is 4.65. The fourth-order valence-corrected chi connectivity index (χ4v) is 5.05. The van der Waals surface area contributed by atoms with Gasteiger partial charge in [0.25, 0.3) is 0 Å². The van der Waals surface area contributed by atoms with Crippen molar-refractivity contribution in [1.82, 2.24) is 5.32 Å². The molecule has 0 spiro atoms. The summed E-state index contributed by atoms with van der Waals surface area (Å²) in [5.41, 5.74) is 0. The highest BCUT2D eigenvalue weighted by Crippen LogP contribution is 2.32. The summed E-state index contributed by atoms with van der Waals surface area (Å²) in [4.78, 5) is 0. The van der Waals surface area contributed by atoms with Crippen LogP contribution in [0.3, 0.4) is 0 Å². The minimum atomic E-state index is 0.780. The second-order valence-corrected chi connectivity index (χ2v) is 7.22. The van der Waals surface area contributed by atoms with Crippen LogP contribution in [0, 0.1) is 5.92 Å². The molecule has 0 bridgehead atoms. The Labute approximate surface area is 112 Å². The summed E-state index contributed by atoms with van der Waals surface area (Å²) in [6.45, 7) is 0. The van der Waals surface area contributed by atoms with Crippen LogP contribution < -0.4 is 5.32 Å². The largest absolute Gasteiger partial charge is 0.316 e. The van der Waals surface area contributed by atoms with Crippen LogP contribution in [0.4, 0.5) is 0 Å². The summed E-state index contributed by atoms with van der Waals surface area (Å²) in [5, 5.41) is 4.57. The van der Waals surface area contributed by atoms with E-state index in [9.17, 15) is 0 Å². The predicted molar refractivity (Wildman–Crippen MR) is 78.8 cm³/mol. The molecule has 2 saturated carbocycles. The molecular formula is C15H29NS. The van der Waals surface area contributed by atoms with E-state index in [1.54, 1.807) is 0 Å². The number of thioether (sulfide) groups is 1. The quantitative estimate of drug-likeness (QED) is 0.789. The minimum absolute atomic E-state index is 0.780. The van der Waals surface area contributed by atoms with Crippen molar-refractivity contribution in [3.8, 4) is 0 Å². The SMILES string of the molecule is CNC(CSC1CCCCC1)C1CCCCC1. The highest BCUT2D eigenvalue weighted by molar-refractivity contribution is 7.99. The number of hydrogen-bond donors (Lipinski definition) is 1. The lowest BCUT2D eigenvalue weighted by atomic mass is 9.84. The van der Waals surface area contributed by atoms with Crippen molar-refractivity contribution in [1.29, 1.82) is 0 Å². The van der Waals surface area contributed by atoms with Crippen LogP contribution in [0.15, 0.2) is 0 Å². The van der Waals surface area contributed by atoms with Gasteiger partial charge in [-0.1, -0.05) is 38.5 Å². The Balaban J connectivity index is 1.70. The van der Waals surface area contributed by atoms with Gasteiger partial charge in [0.05, 0.1) is 0 Å². The first-order valence-corrected chi connectivity index (χ1v) is 8.74. The zero-order valence-electron chi connectivity index (χ0n) is 11.4. The molecule has 0 saturated heterocycles. The second-order valence-electron chi connectivity index (χ2n) is 5.89. The monoisotopic (exact) mass is 255 g/mol. The topological polar surface area (TPSA) is 12.0 Å². The summed E-state index contributed by atoms with van der Waals surface area (Å²) in [7, 11) is 2.17. The van der Waals surface area contributed by atoms with Crippen LogP contribution in [-0.2, 0) is 0 Å². The number of hydrogen-bond acceptors (Lipinski definition) is 2. The molecule has 0 aliphatic heterocycles. The molecule has 2 rings (SSSR count). The van der Waals surface area contributed by atoms with Crippen LogP contribution in [0.5, 0.6) is 0 Å². The molecule has 2 aliphatic rings. The van der Waals surface area contributed by atoms with E-state index in [4.69, 9.17) is 0 Å². The van der Waals surface area contributed by atoms with Crippen LogP contribution in [-0.4, -0.2) is 24.1 Å². The third kappa shape index (κ3) is 4.48. The van der Waals surface area contributed by atoms with Gasteiger partial charge in [-0.2, -0.15) is 11.8 Å². The Hall–Kier alpha value is 0.310. The summed E-state index contributed by atoms with van der Waals surface area (Å²) in [6, 6.07) is 0.780. The molecular weight excluding hydrogens is 226 g/mol. The van der Waals surface area contributed by atoms with Gasteiger partial charge in [0, 0.05) is 17.0 Å². The normalized spacial score (nSPS) is 25.9. The van der Waals surface area contributed by atoms with Crippen LogP contribution in [0.25, 0.3) is 0 Å². The van der Waals surface area contributed by atoms with Crippen molar-refractivity contribution < 1.29 is 0 Å². The van der Waals surface area contributed by atoms with Gasteiger partial charge in [0.15, 0.2) is 0 Å². The van der Waals surface area contributed by atoms with Gasteiger partial charge in [-0.05, 0) is 38.6 Å². The van der Waals surface area contributed by atoms with E-state index < -0.39 is 0 Å². The fourth-order valence-electron chi connectivity index (χ4n) is 3.46. The molecule has 1 nitrogen and oxygen atoms in total. The number of rotatable bonds is 5. The van der Waals surface area contributed by atoms with E-state index in [2.05, 4.69) is 24.1 Å². The maximum Gasteiger partial charge on any atom is 0.0183 e. The zero-order valence-corrected chi connectivity index (χ0v) is 12.2. The van der Waals surface area contributed by atoms with E-state index in [0.717, 1.165) is 17.2 Å². The standard InChI is InChI=1S/C15H29NS/c1-16-15(13-8-4-2-5-9-13)12-17-14-10-6-3-7-11-14/h13-16H,2-12H2,1H3. The molecule has 17 heavy (non-hydrogen) atoms. The maximum atomic E-state index is 3.59.